The third-order valence-electron chi connectivity index (χ3n) is 3.23. The van der Waals surface area contributed by atoms with E-state index in [1.807, 2.05) is 26.0 Å². The summed E-state index contributed by atoms with van der Waals surface area (Å²) < 4.78 is 13.7. The molecule has 0 saturated heterocycles. The van der Waals surface area contributed by atoms with E-state index in [1.165, 1.54) is 6.07 Å². The Labute approximate surface area is 128 Å². The molecule has 0 spiro atoms. The van der Waals surface area contributed by atoms with Gasteiger partial charge in [-0.1, -0.05) is 47.0 Å². The van der Waals surface area contributed by atoms with E-state index in [4.69, 9.17) is 23.2 Å². The molecule has 0 aromatic heterocycles. The Hall–Kier alpha value is -1.09. The maximum Gasteiger partial charge on any atom is 0.127 e. The van der Waals surface area contributed by atoms with E-state index in [-0.39, 0.29) is 11.9 Å². The SMILES string of the molecule is Cc1ccc(F)c(CNC(C)c2ccc(Cl)cc2Cl)c1. The number of halogens is 3. The molecule has 1 nitrogen and oxygen atoms in total. The summed E-state index contributed by atoms with van der Waals surface area (Å²) in [5.41, 5.74) is 2.64. The van der Waals surface area contributed by atoms with Gasteiger partial charge in [-0.15, -0.1) is 0 Å². The summed E-state index contributed by atoms with van der Waals surface area (Å²) in [6.45, 7) is 4.39. The van der Waals surface area contributed by atoms with Crippen LogP contribution in [0.4, 0.5) is 4.39 Å². The lowest BCUT2D eigenvalue weighted by molar-refractivity contribution is 0.544. The average Bonchev–Trinajstić information content (AvgIpc) is 2.39. The predicted octanol–water partition coefficient (Wildman–Crippen LogP) is 5.29. The van der Waals surface area contributed by atoms with Gasteiger partial charge in [0.15, 0.2) is 0 Å². The van der Waals surface area contributed by atoms with Crippen LogP contribution < -0.4 is 5.32 Å². The molecule has 106 valence electrons. The number of benzene rings is 2. The van der Waals surface area contributed by atoms with Crippen molar-refractivity contribution in [1.29, 1.82) is 0 Å². The molecule has 1 atom stereocenters. The number of nitrogens with one attached hydrogen (secondary N) is 1. The molecule has 2 rings (SSSR count). The molecule has 0 heterocycles. The maximum absolute atomic E-state index is 13.7. The lowest BCUT2D eigenvalue weighted by atomic mass is 10.1. The molecule has 0 aliphatic heterocycles. The molecule has 0 fully saturated rings. The molecule has 2 aromatic rings. The minimum atomic E-state index is -0.197. The zero-order valence-electron chi connectivity index (χ0n) is 11.4. The highest BCUT2D eigenvalue weighted by atomic mass is 35.5. The topological polar surface area (TPSA) is 12.0 Å². The Bertz CT molecular complexity index is 613. The molecule has 4 heteroatoms. The minimum absolute atomic E-state index is 0.0136. The third-order valence-corrected chi connectivity index (χ3v) is 3.79. The molecule has 0 radical (unpaired) electrons. The lowest BCUT2D eigenvalue weighted by Crippen LogP contribution is -2.19. The summed E-state index contributed by atoms with van der Waals surface area (Å²) in [5, 5.41) is 4.50. The largest absolute Gasteiger partial charge is 0.306 e. The van der Waals surface area contributed by atoms with Gasteiger partial charge in [0, 0.05) is 28.2 Å². The third kappa shape index (κ3) is 3.72. The van der Waals surface area contributed by atoms with Crippen LogP contribution in [0.3, 0.4) is 0 Å². The summed E-state index contributed by atoms with van der Waals surface area (Å²) in [6.07, 6.45) is 0. The van der Waals surface area contributed by atoms with E-state index >= 15 is 0 Å². The van der Waals surface area contributed by atoms with Crippen LogP contribution in [-0.2, 0) is 6.54 Å². The van der Waals surface area contributed by atoms with Crippen LogP contribution in [0, 0.1) is 12.7 Å². The van der Waals surface area contributed by atoms with Gasteiger partial charge in [0.2, 0.25) is 0 Å². The van der Waals surface area contributed by atoms with Crippen molar-refractivity contribution in [2.75, 3.05) is 0 Å². The summed E-state index contributed by atoms with van der Waals surface area (Å²) >= 11 is 12.0. The fraction of sp³-hybridized carbons (Fsp3) is 0.250. The summed E-state index contributed by atoms with van der Waals surface area (Å²) in [5.74, 6) is -0.197. The molecule has 0 aliphatic rings. The summed E-state index contributed by atoms with van der Waals surface area (Å²) in [7, 11) is 0. The molecular formula is C16H16Cl2FN. The Morgan fingerprint density at radius 2 is 1.90 bits per heavy atom. The second kappa shape index (κ2) is 6.57. The monoisotopic (exact) mass is 311 g/mol. The van der Waals surface area contributed by atoms with Crippen LogP contribution in [0.1, 0.15) is 29.7 Å². The Morgan fingerprint density at radius 1 is 1.15 bits per heavy atom. The molecule has 2 aromatic carbocycles. The molecule has 0 amide bonds. The van der Waals surface area contributed by atoms with E-state index in [2.05, 4.69) is 5.32 Å². The van der Waals surface area contributed by atoms with Crippen molar-refractivity contribution in [3.05, 3.63) is 69.0 Å². The quantitative estimate of drug-likeness (QED) is 0.808. The molecule has 1 N–H and O–H groups in total. The summed E-state index contributed by atoms with van der Waals surface area (Å²) in [6, 6.07) is 10.5. The van der Waals surface area contributed by atoms with E-state index in [1.54, 1.807) is 18.2 Å². The first-order valence-corrected chi connectivity index (χ1v) is 7.16. The van der Waals surface area contributed by atoms with Crippen molar-refractivity contribution >= 4 is 23.2 Å². The first-order chi connectivity index (χ1) is 9.47. The van der Waals surface area contributed by atoms with Crippen LogP contribution in [-0.4, -0.2) is 0 Å². The first kappa shape index (κ1) is 15.3. The van der Waals surface area contributed by atoms with Crippen LogP contribution in [0.2, 0.25) is 10.0 Å². The molecule has 1 unspecified atom stereocenters. The highest BCUT2D eigenvalue weighted by molar-refractivity contribution is 6.35. The molecule has 0 aliphatic carbocycles. The lowest BCUT2D eigenvalue weighted by Gasteiger charge is -2.16. The zero-order valence-corrected chi connectivity index (χ0v) is 12.9. The van der Waals surface area contributed by atoms with Crippen molar-refractivity contribution in [2.45, 2.75) is 26.4 Å². The van der Waals surface area contributed by atoms with Gasteiger partial charge in [-0.25, -0.2) is 4.39 Å². The normalized spacial score (nSPS) is 12.4. The fourth-order valence-corrected chi connectivity index (χ4v) is 2.64. The van der Waals surface area contributed by atoms with Crippen molar-refractivity contribution in [3.8, 4) is 0 Å². The van der Waals surface area contributed by atoms with Crippen LogP contribution in [0.25, 0.3) is 0 Å². The molecular weight excluding hydrogens is 296 g/mol. The van der Waals surface area contributed by atoms with E-state index in [0.717, 1.165) is 11.1 Å². The Morgan fingerprint density at radius 3 is 2.60 bits per heavy atom. The van der Waals surface area contributed by atoms with Gasteiger partial charge in [-0.2, -0.15) is 0 Å². The molecule has 0 saturated carbocycles. The molecule has 20 heavy (non-hydrogen) atoms. The second-order valence-corrected chi connectivity index (χ2v) is 5.71. The van der Waals surface area contributed by atoms with E-state index < -0.39 is 0 Å². The standard InChI is InChI=1S/C16H16Cl2FN/c1-10-3-6-16(19)12(7-10)9-20-11(2)14-5-4-13(17)8-15(14)18/h3-8,11,20H,9H2,1-2H3. The maximum atomic E-state index is 13.7. The van der Waals surface area contributed by atoms with Gasteiger partial charge in [0.25, 0.3) is 0 Å². The average molecular weight is 312 g/mol. The van der Waals surface area contributed by atoms with Crippen molar-refractivity contribution in [3.63, 3.8) is 0 Å². The van der Waals surface area contributed by atoms with Crippen molar-refractivity contribution in [1.82, 2.24) is 5.32 Å². The Kier molecular flexibility index (Phi) is 5.03. The zero-order chi connectivity index (χ0) is 14.7. The predicted molar refractivity (Wildman–Crippen MR) is 82.9 cm³/mol. The van der Waals surface area contributed by atoms with Crippen molar-refractivity contribution < 1.29 is 4.39 Å². The van der Waals surface area contributed by atoms with E-state index in [9.17, 15) is 4.39 Å². The number of rotatable bonds is 4. The van der Waals surface area contributed by atoms with Gasteiger partial charge in [-0.3, -0.25) is 0 Å². The van der Waals surface area contributed by atoms with Crippen LogP contribution in [0.15, 0.2) is 36.4 Å². The van der Waals surface area contributed by atoms with E-state index in [0.29, 0.717) is 22.2 Å². The first-order valence-electron chi connectivity index (χ1n) is 6.40. The minimum Gasteiger partial charge on any atom is -0.306 e. The highest BCUT2D eigenvalue weighted by Gasteiger charge is 2.11. The Balaban J connectivity index is 2.08. The smallest absolute Gasteiger partial charge is 0.127 e. The number of hydrogen-bond donors (Lipinski definition) is 1. The number of hydrogen-bond acceptors (Lipinski definition) is 1. The van der Waals surface area contributed by atoms with Gasteiger partial charge < -0.3 is 5.32 Å². The van der Waals surface area contributed by atoms with Gasteiger partial charge in [0.1, 0.15) is 5.82 Å². The fourth-order valence-electron chi connectivity index (χ4n) is 2.06. The van der Waals surface area contributed by atoms with Crippen LogP contribution in [0.5, 0.6) is 0 Å². The van der Waals surface area contributed by atoms with Gasteiger partial charge in [0.05, 0.1) is 0 Å². The van der Waals surface area contributed by atoms with Crippen LogP contribution >= 0.6 is 23.2 Å². The molecule has 0 bridgehead atoms. The van der Waals surface area contributed by atoms with Gasteiger partial charge >= 0.3 is 0 Å². The highest BCUT2D eigenvalue weighted by Crippen LogP contribution is 2.26. The summed E-state index contributed by atoms with van der Waals surface area (Å²) in [4.78, 5) is 0. The van der Waals surface area contributed by atoms with Gasteiger partial charge in [-0.05, 0) is 37.6 Å². The number of aryl methyl sites for hydroxylation is 1. The van der Waals surface area contributed by atoms with Crippen molar-refractivity contribution in [2.24, 2.45) is 0 Å². The second-order valence-electron chi connectivity index (χ2n) is 4.86.